The summed E-state index contributed by atoms with van der Waals surface area (Å²) in [5.74, 6) is 0.550. The number of unbranched alkanes of at least 4 members (excludes halogenated alkanes) is 4. The molecule has 0 saturated carbocycles. The van der Waals surface area contributed by atoms with Crippen LogP contribution < -0.4 is 5.43 Å². The van der Waals surface area contributed by atoms with Gasteiger partial charge in [-0.2, -0.15) is 5.10 Å². The first-order valence-electron chi connectivity index (χ1n) is 7.30. The third-order valence-corrected chi connectivity index (χ3v) is 3.29. The van der Waals surface area contributed by atoms with E-state index in [-0.39, 0.29) is 5.91 Å². The normalized spacial score (nSPS) is 19.3. The standard InChI is InChI=1S/C15H26N2O/c1-2-3-4-5-9-12-15(18)17-16-13-14-10-7-6-8-11-14/h6-7,13-14H,2-5,8-12H2,1H3,(H,17,18)/b16-13+. The molecule has 1 aliphatic carbocycles. The lowest BCUT2D eigenvalue weighted by Crippen LogP contribution is -2.18. The van der Waals surface area contributed by atoms with E-state index in [9.17, 15) is 4.79 Å². The first kappa shape index (κ1) is 14.9. The highest BCUT2D eigenvalue weighted by Crippen LogP contribution is 2.15. The van der Waals surface area contributed by atoms with Crippen molar-refractivity contribution in [3.05, 3.63) is 12.2 Å². The molecule has 0 aromatic heterocycles. The fourth-order valence-corrected chi connectivity index (χ4v) is 2.11. The zero-order valence-electron chi connectivity index (χ0n) is 11.5. The van der Waals surface area contributed by atoms with Gasteiger partial charge in [0, 0.05) is 12.6 Å². The predicted molar refractivity (Wildman–Crippen MR) is 76.5 cm³/mol. The van der Waals surface area contributed by atoms with Crippen molar-refractivity contribution < 1.29 is 4.79 Å². The Morgan fingerprint density at radius 3 is 2.89 bits per heavy atom. The molecule has 0 radical (unpaired) electrons. The van der Waals surface area contributed by atoms with Crippen molar-refractivity contribution >= 4 is 12.1 Å². The van der Waals surface area contributed by atoms with E-state index in [0.717, 1.165) is 32.1 Å². The minimum Gasteiger partial charge on any atom is -0.273 e. The van der Waals surface area contributed by atoms with E-state index in [4.69, 9.17) is 0 Å². The Balaban J connectivity index is 2.02. The molecule has 1 aliphatic rings. The fraction of sp³-hybridized carbons (Fsp3) is 0.733. The minimum absolute atomic E-state index is 0.0501. The lowest BCUT2D eigenvalue weighted by Gasteiger charge is -2.11. The van der Waals surface area contributed by atoms with Crippen LogP contribution in [0.1, 0.15) is 64.7 Å². The molecule has 0 heterocycles. The molecule has 0 aromatic carbocycles. The van der Waals surface area contributed by atoms with Crippen LogP contribution in [0.2, 0.25) is 0 Å². The Kier molecular flexibility index (Phi) is 8.19. The summed E-state index contributed by atoms with van der Waals surface area (Å²) in [6, 6.07) is 0. The van der Waals surface area contributed by atoms with Crippen molar-refractivity contribution in [2.45, 2.75) is 64.7 Å². The number of nitrogens with one attached hydrogen (secondary N) is 1. The zero-order valence-corrected chi connectivity index (χ0v) is 11.5. The highest BCUT2D eigenvalue weighted by atomic mass is 16.2. The Labute approximate surface area is 111 Å². The SMILES string of the molecule is CCCCCCCC(=O)N/N=C/C1CC=CCC1. The maximum Gasteiger partial charge on any atom is 0.240 e. The van der Waals surface area contributed by atoms with Gasteiger partial charge in [0.05, 0.1) is 0 Å². The van der Waals surface area contributed by atoms with Gasteiger partial charge >= 0.3 is 0 Å². The first-order chi connectivity index (χ1) is 8.83. The smallest absolute Gasteiger partial charge is 0.240 e. The summed E-state index contributed by atoms with van der Waals surface area (Å²) in [6.07, 6.45) is 16.1. The van der Waals surface area contributed by atoms with Crippen molar-refractivity contribution in [1.29, 1.82) is 0 Å². The largest absolute Gasteiger partial charge is 0.273 e. The molecule has 0 fully saturated rings. The Morgan fingerprint density at radius 1 is 1.33 bits per heavy atom. The lowest BCUT2D eigenvalue weighted by molar-refractivity contribution is -0.121. The summed E-state index contributed by atoms with van der Waals surface area (Å²) in [4.78, 5) is 11.5. The molecule has 18 heavy (non-hydrogen) atoms. The molecule has 1 unspecified atom stereocenters. The van der Waals surface area contributed by atoms with Crippen LogP contribution in [0.4, 0.5) is 0 Å². The maximum atomic E-state index is 11.5. The number of amides is 1. The quantitative estimate of drug-likeness (QED) is 0.303. The van der Waals surface area contributed by atoms with E-state index in [1.54, 1.807) is 0 Å². The van der Waals surface area contributed by atoms with Gasteiger partial charge in [0.1, 0.15) is 0 Å². The molecule has 0 saturated heterocycles. The van der Waals surface area contributed by atoms with Crippen LogP contribution in [0.25, 0.3) is 0 Å². The average Bonchev–Trinajstić information content (AvgIpc) is 2.40. The summed E-state index contributed by atoms with van der Waals surface area (Å²) in [5, 5.41) is 4.05. The molecule has 1 N–H and O–H groups in total. The van der Waals surface area contributed by atoms with Crippen LogP contribution in [0.3, 0.4) is 0 Å². The number of rotatable bonds is 8. The molecule has 0 spiro atoms. The van der Waals surface area contributed by atoms with E-state index < -0.39 is 0 Å². The second kappa shape index (κ2) is 9.86. The predicted octanol–water partition coefficient (Wildman–Crippen LogP) is 3.81. The van der Waals surface area contributed by atoms with Crippen molar-refractivity contribution in [1.82, 2.24) is 5.43 Å². The first-order valence-corrected chi connectivity index (χ1v) is 7.30. The Hall–Kier alpha value is -1.12. The number of carbonyl (C=O) groups excluding carboxylic acids is 1. The van der Waals surface area contributed by atoms with Gasteiger partial charge in [0.15, 0.2) is 0 Å². The third-order valence-electron chi connectivity index (χ3n) is 3.29. The van der Waals surface area contributed by atoms with Crippen molar-refractivity contribution in [3.8, 4) is 0 Å². The van der Waals surface area contributed by atoms with Crippen LogP contribution in [0.5, 0.6) is 0 Å². The van der Waals surface area contributed by atoms with E-state index in [1.165, 1.54) is 19.3 Å². The molecule has 3 nitrogen and oxygen atoms in total. The second-order valence-corrected chi connectivity index (χ2v) is 5.02. The third kappa shape index (κ3) is 7.25. The van der Waals surface area contributed by atoms with E-state index in [2.05, 4.69) is 29.6 Å². The van der Waals surface area contributed by atoms with Gasteiger partial charge in [-0.1, -0.05) is 44.8 Å². The second-order valence-electron chi connectivity index (χ2n) is 5.02. The van der Waals surface area contributed by atoms with Gasteiger partial charge in [-0.25, -0.2) is 5.43 Å². The summed E-state index contributed by atoms with van der Waals surface area (Å²) >= 11 is 0. The molecule has 1 rings (SSSR count). The van der Waals surface area contributed by atoms with Gasteiger partial charge in [-0.05, 0) is 31.6 Å². The number of hydrogen-bond donors (Lipinski definition) is 1. The molecule has 1 atom stereocenters. The monoisotopic (exact) mass is 250 g/mol. The molecular weight excluding hydrogens is 224 g/mol. The number of allylic oxidation sites excluding steroid dienone is 2. The van der Waals surface area contributed by atoms with Crippen LogP contribution >= 0.6 is 0 Å². The number of carbonyl (C=O) groups is 1. The molecular formula is C15H26N2O. The minimum atomic E-state index is 0.0501. The van der Waals surface area contributed by atoms with Crippen LogP contribution in [-0.4, -0.2) is 12.1 Å². The topological polar surface area (TPSA) is 41.5 Å². The highest BCUT2D eigenvalue weighted by molar-refractivity contribution is 5.76. The van der Waals surface area contributed by atoms with Gasteiger partial charge in [-0.3, -0.25) is 4.79 Å². The summed E-state index contributed by atoms with van der Waals surface area (Å²) in [7, 11) is 0. The molecule has 1 amide bonds. The van der Waals surface area contributed by atoms with Crippen molar-refractivity contribution in [2.24, 2.45) is 11.0 Å². The zero-order chi connectivity index (χ0) is 13.1. The van der Waals surface area contributed by atoms with Gasteiger partial charge in [0.2, 0.25) is 5.91 Å². The van der Waals surface area contributed by atoms with Crippen LogP contribution in [-0.2, 0) is 4.79 Å². The number of nitrogens with zero attached hydrogens (tertiary/aromatic N) is 1. The van der Waals surface area contributed by atoms with E-state index in [1.807, 2.05) is 6.21 Å². The van der Waals surface area contributed by atoms with E-state index >= 15 is 0 Å². The van der Waals surface area contributed by atoms with Crippen molar-refractivity contribution in [3.63, 3.8) is 0 Å². The Bertz CT molecular complexity index is 284. The van der Waals surface area contributed by atoms with Gasteiger partial charge < -0.3 is 0 Å². The molecule has 0 aromatic rings. The number of hydrogen-bond acceptors (Lipinski definition) is 2. The summed E-state index contributed by atoms with van der Waals surface area (Å²) in [5.41, 5.74) is 2.63. The van der Waals surface area contributed by atoms with Crippen LogP contribution in [0.15, 0.2) is 17.3 Å². The molecule has 0 aliphatic heterocycles. The Morgan fingerprint density at radius 2 is 2.17 bits per heavy atom. The highest BCUT2D eigenvalue weighted by Gasteiger charge is 2.06. The average molecular weight is 250 g/mol. The molecule has 0 bridgehead atoms. The lowest BCUT2D eigenvalue weighted by atomic mass is 9.96. The molecule has 102 valence electrons. The molecule has 3 heteroatoms. The maximum absolute atomic E-state index is 11.5. The van der Waals surface area contributed by atoms with E-state index in [0.29, 0.717) is 12.3 Å². The summed E-state index contributed by atoms with van der Waals surface area (Å²) < 4.78 is 0. The van der Waals surface area contributed by atoms with Crippen LogP contribution in [0, 0.1) is 5.92 Å². The van der Waals surface area contributed by atoms with Gasteiger partial charge in [-0.15, -0.1) is 0 Å². The number of hydrazone groups is 1. The van der Waals surface area contributed by atoms with Gasteiger partial charge in [0.25, 0.3) is 0 Å². The summed E-state index contributed by atoms with van der Waals surface area (Å²) in [6.45, 7) is 2.20. The van der Waals surface area contributed by atoms with Crippen molar-refractivity contribution in [2.75, 3.05) is 0 Å². The fourth-order valence-electron chi connectivity index (χ4n) is 2.11.